The SMILES string of the molecule is CC1CCC(C)P1CCCCP1C(C)CCC1C. The lowest BCUT2D eigenvalue weighted by atomic mass is 10.2. The third-order valence-corrected chi connectivity index (χ3v) is 12.6. The lowest BCUT2D eigenvalue weighted by molar-refractivity contribution is 0.777. The molecule has 0 nitrogen and oxygen atoms in total. The fraction of sp³-hybridized carbons (Fsp3) is 1.00. The van der Waals surface area contributed by atoms with Crippen LogP contribution in [0.1, 0.15) is 66.2 Å². The fourth-order valence-electron chi connectivity index (χ4n) is 3.97. The van der Waals surface area contributed by atoms with Crippen molar-refractivity contribution in [1.29, 1.82) is 0 Å². The monoisotopic (exact) mass is 286 g/mol. The van der Waals surface area contributed by atoms with E-state index < -0.39 is 0 Å². The zero-order valence-electron chi connectivity index (χ0n) is 12.9. The van der Waals surface area contributed by atoms with Crippen molar-refractivity contribution in [3.8, 4) is 0 Å². The van der Waals surface area contributed by atoms with Crippen LogP contribution in [-0.4, -0.2) is 35.0 Å². The van der Waals surface area contributed by atoms with Gasteiger partial charge in [-0.3, -0.25) is 0 Å². The molecule has 18 heavy (non-hydrogen) atoms. The Kier molecular flexibility index (Phi) is 5.96. The van der Waals surface area contributed by atoms with Gasteiger partial charge in [-0.25, -0.2) is 0 Å². The van der Waals surface area contributed by atoms with E-state index >= 15 is 0 Å². The molecular formula is C16H32P2. The molecule has 2 heteroatoms. The van der Waals surface area contributed by atoms with E-state index in [0.29, 0.717) is 15.8 Å². The maximum absolute atomic E-state index is 2.51. The van der Waals surface area contributed by atoms with E-state index in [9.17, 15) is 0 Å². The first kappa shape index (κ1) is 15.3. The van der Waals surface area contributed by atoms with Crippen LogP contribution in [0.15, 0.2) is 0 Å². The van der Waals surface area contributed by atoms with Gasteiger partial charge < -0.3 is 0 Å². The number of unbranched alkanes of at least 4 members (excludes halogenated alkanes) is 1. The molecule has 0 saturated carbocycles. The summed E-state index contributed by atoms with van der Waals surface area (Å²) in [5.74, 6) is 0. The first-order valence-electron chi connectivity index (χ1n) is 8.11. The van der Waals surface area contributed by atoms with Crippen molar-refractivity contribution in [3.05, 3.63) is 0 Å². The van der Waals surface area contributed by atoms with Crippen molar-refractivity contribution >= 4 is 15.8 Å². The highest BCUT2D eigenvalue weighted by Crippen LogP contribution is 2.57. The fourth-order valence-corrected chi connectivity index (χ4v) is 10.6. The number of hydrogen-bond acceptors (Lipinski definition) is 0. The molecule has 0 spiro atoms. The molecule has 0 amide bonds. The van der Waals surface area contributed by atoms with Gasteiger partial charge in [0, 0.05) is 0 Å². The summed E-state index contributed by atoms with van der Waals surface area (Å²) in [5.41, 5.74) is 4.30. The molecule has 2 saturated heterocycles. The second-order valence-electron chi connectivity index (χ2n) is 6.73. The zero-order valence-corrected chi connectivity index (χ0v) is 14.6. The van der Waals surface area contributed by atoms with Gasteiger partial charge in [0.25, 0.3) is 0 Å². The third-order valence-electron chi connectivity index (χ3n) is 5.35. The van der Waals surface area contributed by atoms with E-state index in [4.69, 9.17) is 0 Å². The maximum Gasteiger partial charge on any atom is -0.0235 e. The van der Waals surface area contributed by atoms with Crippen LogP contribution in [0, 0.1) is 0 Å². The highest BCUT2D eigenvalue weighted by atomic mass is 31.1. The van der Waals surface area contributed by atoms with Crippen LogP contribution in [-0.2, 0) is 0 Å². The van der Waals surface area contributed by atoms with Gasteiger partial charge in [0.2, 0.25) is 0 Å². The summed E-state index contributed by atoms with van der Waals surface area (Å²) in [4.78, 5) is 0. The highest BCUT2D eigenvalue weighted by molar-refractivity contribution is 7.59. The Morgan fingerprint density at radius 2 is 0.889 bits per heavy atom. The molecule has 2 heterocycles. The molecular weight excluding hydrogens is 254 g/mol. The Hall–Kier alpha value is 0.860. The largest absolute Gasteiger partial charge is 0.101 e. The van der Waals surface area contributed by atoms with Crippen molar-refractivity contribution in [2.45, 2.75) is 88.9 Å². The van der Waals surface area contributed by atoms with E-state index in [2.05, 4.69) is 27.7 Å². The number of rotatable bonds is 5. The number of hydrogen-bond donors (Lipinski definition) is 0. The summed E-state index contributed by atoms with van der Waals surface area (Å²) in [7, 11) is 0.787. The minimum atomic E-state index is 0.394. The molecule has 0 radical (unpaired) electrons. The predicted octanol–water partition coefficient (Wildman–Crippen LogP) is 5.87. The Bertz CT molecular complexity index is 207. The summed E-state index contributed by atoms with van der Waals surface area (Å²) in [6.07, 6.45) is 12.3. The summed E-state index contributed by atoms with van der Waals surface area (Å²) in [5, 5.41) is 0. The summed E-state index contributed by atoms with van der Waals surface area (Å²) in [6, 6.07) is 0. The average molecular weight is 286 g/mol. The Morgan fingerprint density at radius 3 is 1.17 bits per heavy atom. The average Bonchev–Trinajstić information content (AvgIpc) is 2.82. The van der Waals surface area contributed by atoms with Crippen molar-refractivity contribution in [2.75, 3.05) is 12.3 Å². The van der Waals surface area contributed by atoms with Crippen molar-refractivity contribution in [1.82, 2.24) is 0 Å². The minimum absolute atomic E-state index is 0.394. The first-order valence-corrected chi connectivity index (χ1v) is 11.4. The Balaban J connectivity index is 1.64. The third kappa shape index (κ3) is 3.70. The van der Waals surface area contributed by atoms with Crippen molar-refractivity contribution in [2.24, 2.45) is 0 Å². The van der Waals surface area contributed by atoms with Crippen LogP contribution in [0.4, 0.5) is 0 Å². The van der Waals surface area contributed by atoms with E-state index in [1.54, 1.807) is 25.2 Å². The second kappa shape index (κ2) is 7.04. The molecule has 4 atom stereocenters. The van der Waals surface area contributed by atoms with Crippen molar-refractivity contribution < 1.29 is 0 Å². The lowest BCUT2D eigenvalue weighted by Gasteiger charge is -2.23. The van der Waals surface area contributed by atoms with Gasteiger partial charge in [-0.05, 0) is 73.5 Å². The molecule has 0 aromatic carbocycles. The summed E-state index contributed by atoms with van der Waals surface area (Å²) >= 11 is 0. The van der Waals surface area contributed by atoms with Crippen LogP contribution in [0.2, 0.25) is 0 Å². The van der Waals surface area contributed by atoms with Gasteiger partial charge >= 0.3 is 0 Å². The smallest absolute Gasteiger partial charge is 0.0235 e. The van der Waals surface area contributed by atoms with Gasteiger partial charge in [0.15, 0.2) is 0 Å². The molecule has 2 aliphatic heterocycles. The summed E-state index contributed by atoms with van der Waals surface area (Å²) < 4.78 is 0. The van der Waals surface area contributed by atoms with Gasteiger partial charge in [0.1, 0.15) is 0 Å². The van der Waals surface area contributed by atoms with Gasteiger partial charge in [-0.2, -0.15) is 0 Å². The molecule has 0 aliphatic carbocycles. The lowest BCUT2D eigenvalue weighted by Crippen LogP contribution is -2.04. The van der Waals surface area contributed by atoms with E-state index in [-0.39, 0.29) is 0 Å². The molecule has 106 valence electrons. The minimum Gasteiger partial charge on any atom is -0.101 e. The van der Waals surface area contributed by atoms with Gasteiger partial charge in [0.05, 0.1) is 0 Å². The zero-order chi connectivity index (χ0) is 13.1. The summed E-state index contributed by atoms with van der Waals surface area (Å²) in [6.45, 7) is 10.1. The standard InChI is InChI=1S/C16H32P2/c1-13-7-8-14(2)17(13)11-5-6-12-18-15(3)9-10-16(18)4/h13-16H,5-12H2,1-4H3. The van der Waals surface area contributed by atoms with Crippen LogP contribution in [0.3, 0.4) is 0 Å². The highest BCUT2D eigenvalue weighted by Gasteiger charge is 2.30. The van der Waals surface area contributed by atoms with Crippen LogP contribution >= 0.6 is 15.8 Å². The Morgan fingerprint density at radius 1 is 0.611 bits per heavy atom. The van der Waals surface area contributed by atoms with E-state index in [0.717, 1.165) is 22.6 Å². The molecule has 2 rings (SSSR count). The van der Waals surface area contributed by atoms with Gasteiger partial charge in [-0.1, -0.05) is 27.7 Å². The molecule has 0 aromatic heterocycles. The maximum atomic E-state index is 2.51. The Labute approximate surface area is 117 Å². The molecule has 0 N–H and O–H groups in total. The molecule has 2 aliphatic rings. The van der Waals surface area contributed by atoms with Gasteiger partial charge in [-0.15, -0.1) is 15.8 Å². The molecule has 0 bridgehead atoms. The van der Waals surface area contributed by atoms with Crippen LogP contribution in [0.25, 0.3) is 0 Å². The second-order valence-corrected chi connectivity index (χ2v) is 13.2. The van der Waals surface area contributed by atoms with Crippen molar-refractivity contribution in [3.63, 3.8) is 0 Å². The van der Waals surface area contributed by atoms with Crippen LogP contribution < -0.4 is 0 Å². The van der Waals surface area contributed by atoms with E-state index in [1.165, 1.54) is 25.7 Å². The molecule has 4 unspecified atom stereocenters. The first-order chi connectivity index (χ1) is 8.59. The predicted molar refractivity (Wildman–Crippen MR) is 89.1 cm³/mol. The molecule has 0 aromatic rings. The van der Waals surface area contributed by atoms with Crippen LogP contribution in [0.5, 0.6) is 0 Å². The molecule has 2 fully saturated rings. The normalized spacial score (nSPS) is 44.7. The van der Waals surface area contributed by atoms with E-state index in [1.807, 2.05) is 0 Å². The topological polar surface area (TPSA) is 0 Å². The quantitative estimate of drug-likeness (QED) is 0.438.